The first kappa shape index (κ1) is 20.6. The lowest BCUT2D eigenvalue weighted by atomic mass is 10.1. The molecule has 0 spiro atoms. The molecule has 0 atom stereocenters. The molecule has 0 radical (unpaired) electrons. The predicted octanol–water partition coefficient (Wildman–Crippen LogP) is 4.08. The molecule has 0 aliphatic carbocycles. The third kappa shape index (κ3) is 5.45. The number of rotatable bonds is 7. The summed E-state index contributed by atoms with van der Waals surface area (Å²) in [6.07, 6.45) is 0.707. The second-order valence-corrected chi connectivity index (χ2v) is 8.63. The Morgan fingerprint density at radius 2 is 1.66 bits per heavy atom. The van der Waals surface area contributed by atoms with Crippen molar-refractivity contribution in [2.75, 3.05) is 11.3 Å². The standard InChI is InChI=1S/C23H24N2O3S/c1-17-7-6-10-20(15-17)25-29(27,28)21-12-11-18(2)22(16-21)23(26)24-14-13-19-8-4-3-5-9-19/h3-12,15-16,25H,13-14H2,1-2H3,(H,24,26). The topological polar surface area (TPSA) is 75.3 Å². The van der Waals surface area contributed by atoms with E-state index in [0.717, 1.165) is 16.7 Å². The van der Waals surface area contributed by atoms with E-state index in [2.05, 4.69) is 10.0 Å². The lowest BCUT2D eigenvalue weighted by Crippen LogP contribution is -2.26. The van der Waals surface area contributed by atoms with E-state index < -0.39 is 10.0 Å². The number of carbonyl (C=O) groups is 1. The summed E-state index contributed by atoms with van der Waals surface area (Å²) >= 11 is 0. The Kier molecular flexibility index (Phi) is 6.34. The normalized spacial score (nSPS) is 11.1. The summed E-state index contributed by atoms with van der Waals surface area (Å²) in [5, 5.41) is 2.87. The van der Waals surface area contributed by atoms with E-state index in [0.29, 0.717) is 24.2 Å². The summed E-state index contributed by atoms with van der Waals surface area (Å²) < 4.78 is 28.1. The van der Waals surface area contributed by atoms with E-state index in [9.17, 15) is 13.2 Å². The number of sulfonamides is 1. The van der Waals surface area contributed by atoms with Gasteiger partial charge in [0.05, 0.1) is 4.90 Å². The number of anilines is 1. The molecule has 0 heterocycles. The van der Waals surface area contributed by atoms with Crippen LogP contribution in [0.4, 0.5) is 5.69 Å². The largest absolute Gasteiger partial charge is 0.352 e. The third-order valence-corrected chi connectivity index (χ3v) is 5.96. The molecule has 0 fully saturated rings. The van der Waals surface area contributed by atoms with Crippen LogP contribution in [-0.4, -0.2) is 20.9 Å². The minimum absolute atomic E-state index is 0.0535. The van der Waals surface area contributed by atoms with Crippen LogP contribution in [0.2, 0.25) is 0 Å². The second kappa shape index (κ2) is 8.92. The molecule has 0 aliphatic heterocycles. The maximum atomic E-state index is 12.8. The fraction of sp³-hybridized carbons (Fsp3) is 0.174. The van der Waals surface area contributed by atoms with Crippen LogP contribution in [0.25, 0.3) is 0 Å². The Morgan fingerprint density at radius 3 is 2.38 bits per heavy atom. The number of hydrogen-bond donors (Lipinski definition) is 2. The van der Waals surface area contributed by atoms with Crippen LogP contribution < -0.4 is 10.0 Å². The highest BCUT2D eigenvalue weighted by atomic mass is 32.2. The average molecular weight is 409 g/mol. The van der Waals surface area contributed by atoms with E-state index in [1.165, 1.54) is 12.1 Å². The number of benzene rings is 3. The van der Waals surface area contributed by atoms with Crippen molar-refractivity contribution in [1.29, 1.82) is 0 Å². The molecule has 0 bridgehead atoms. The van der Waals surface area contributed by atoms with Crippen molar-refractivity contribution in [3.63, 3.8) is 0 Å². The molecule has 0 aliphatic rings. The Labute approximate surface area is 171 Å². The van der Waals surface area contributed by atoms with Gasteiger partial charge >= 0.3 is 0 Å². The molecule has 0 saturated carbocycles. The summed E-state index contributed by atoms with van der Waals surface area (Å²) in [6.45, 7) is 4.15. The molecule has 3 aromatic rings. The van der Waals surface area contributed by atoms with E-state index in [4.69, 9.17) is 0 Å². The van der Waals surface area contributed by atoms with Gasteiger partial charge < -0.3 is 5.32 Å². The van der Waals surface area contributed by atoms with E-state index >= 15 is 0 Å². The molecule has 6 heteroatoms. The van der Waals surface area contributed by atoms with E-state index in [-0.39, 0.29) is 10.8 Å². The van der Waals surface area contributed by atoms with Gasteiger partial charge in [-0.2, -0.15) is 0 Å². The molecular formula is C23H24N2O3S. The quantitative estimate of drug-likeness (QED) is 0.619. The molecule has 0 saturated heterocycles. The van der Waals surface area contributed by atoms with Crippen molar-refractivity contribution in [3.8, 4) is 0 Å². The van der Waals surface area contributed by atoms with Crippen molar-refractivity contribution in [3.05, 3.63) is 95.1 Å². The molecule has 1 amide bonds. The van der Waals surface area contributed by atoms with Gasteiger partial charge in [-0.05, 0) is 61.2 Å². The lowest BCUT2D eigenvalue weighted by Gasteiger charge is -2.12. The fourth-order valence-corrected chi connectivity index (χ4v) is 4.07. The minimum atomic E-state index is -3.80. The van der Waals surface area contributed by atoms with Gasteiger partial charge in [0.15, 0.2) is 0 Å². The van der Waals surface area contributed by atoms with Crippen LogP contribution in [0.3, 0.4) is 0 Å². The van der Waals surface area contributed by atoms with Crippen molar-refractivity contribution in [2.24, 2.45) is 0 Å². The number of nitrogens with one attached hydrogen (secondary N) is 2. The van der Waals surface area contributed by atoms with Crippen LogP contribution in [0.15, 0.2) is 77.7 Å². The van der Waals surface area contributed by atoms with Gasteiger partial charge in [0.25, 0.3) is 15.9 Å². The average Bonchev–Trinajstić information content (AvgIpc) is 2.68. The van der Waals surface area contributed by atoms with Crippen LogP contribution in [-0.2, 0) is 16.4 Å². The number of hydrogen-bond acceptors (Lipinski definition) is 3. The molecule has 5 nitrogen and oxygen atoms in total. The van der Waals surface area contributed by atoms with Gasteiger partial charge in [0.1, 0.15) is 0 Å². The third-order valence-electron chi connectivity index (χ3n) is 4.58. The second-order valence-electron chi connectivity index (χ2n) is 6.94. The summed E-state index contributed by atoms with van der Waals surface area (Å²) in [5.41, 5.74) is 3.64. The zero-order valence-corrected chi connectivity index (χ0v) is 17.3. The first-order chi connectivity index (χ1) is 13.8. The zero-order valence-electron chi connectivity index (χ0n) is 16.5. The summed E-state index contributed by atoms with van der Waals surface area (Å²) in [4.78, 5) is 12.7. The molecule has 0 aromatic heterocycles. The first-order valence-electron chi connectivity index (χ1n) is 9.37. The van der Waals surface area contributed by atoms with Gasteiger partial charge in [-0.1, -0.05) is 48.5 Å². The number of carbonyl (C=O) groups excluding carboxylic acids is 1. The van der Waals surface area contributed by atoms with Gasteiger partial charge in [-0.15, -0.1) is 0 Å². The molecule has 3 rings (SSSR count). The monoisotopic (exact) mass is 408 g/mol. The first-order valence-corrected chi connectivity index (χ1v) is 10.9. The number of aryl methyl sites for hydroxylation is 2. The summed E-state index contributed by atoms with van der Waals surface area (Å²) in [7, 11) is -3.80. The van der Waals surface area contributed by atoms with Gasteiger partial charge in [0.2, 0.25) is 0 Å². The summed E-state index contributed by atoms with van der Waals surface area (Å²) in [5.74, 6) is -0.286. The Balaban J connectivity index is 1.73. The Hall–Kier alpha value is -3.12. The van der Waals surface area contributed by atoms with Crippen LogP contribution in [0.5, 0.6) is 0 Å². The lowest BCUT2D eigenvalue weighted by molar-refractivity contribution is 0.0953. The smallest absolute Gasteiger partial charge is 0.261 e. The fourth-order valence-electron chi connectivity index (χ4n) is 3.00. The van der Waals surface area contributed by atoms with Crippen molar-refractivity contribution in [2.45, 2.75) is 25.2 Å². The summed E-state index contributed by atoms with van der Waals surface area (Å²) in [6, 6.07) is 21.6. The highest BCUT2D eigenvalue weighted by molar-refractivity contribution is 7.92. The maximum absolute atomic E-state index is 12.8. The SMILES string of the molecule is Cc1cccc(NS(=O)(=O)c2ccc(C)c(C(=O)NCCc3ccccc3)c2)c1. The highest BCUT2D eigenvalue weighted by Crippen LogP contribution is 2.20. The molecule has 2 N–H and O–H groups in total. The van der Waals surface area contributed by atoms with Gasteiger partial charge in [-0.25, -0.2) is 8.42 Å². The van der Waals surface area contributed by atoms with E-state index in [1.54, 1.807) is 31.2 Å². The Bertz CT molecular complexity index is 1110. The van der Waals surface area contributed by atoms with Gasteiger partial charge in [-0.3, -0.25) is 9.52 Å². The van der Waals surface area contributed by atoms with Crippen LogP contribution in [0, 0.1) is 13.8 Å². The van der Waals surface area contributed by atoms with E-state index in [1.807, 2.05) is 43.3 Å². The minimum Gasteiger partial charge on any atom is -0.352 e. The number of amides is 1. The van der Waals surface area contributed by atoms with Crippen molar-refractivity contribution >= 4 is 21.6 Å². The molecule has 0 unspecified atom stereocenters. The van der Waals surface area contributed by atoms with Crippen LogP contribution in [0.1, 0.15) is 27.0 Å². The zero-order chi connectivity index (χ0) is 20.9. The molecule has 150 valence electrons. The molecule has 29 heavy (non-hydrogen) atoms. The van der Waals surface area contributed by atoms with Crippen molar-refractivity contribution < 1.29 is 13.2 Å². The molecular weight excluding hydrogens is 384 g/mol. The Morgan fingerprint density at radius 1 is 0.897 bits per heavy atom. The van der Waals surface area contributed by atoms with Crippen molar-refractivity contribution in [1.82, 2.24) is 5.32 Å². The van der Waals surface area contributed by atoms with Gasteiger partial charge in [0, 0.05) is 17.8 Å². The molecule has 3 aromatic carbocycles. The predicted molar refractivity (Wildman–Crippen MR) is 116 cm³/mol. The maximum Gasteiger partial charge on any atom is 0.261 e. The highest BCUT2D eigenvalue weighted by Gasteiger charge is 2.18. The van der Waals surface area contributed by atoms with Crippen LogP contribution >= 0.6 is 0 Å².